The molecule has 2 N–H and O–H groups in total. The normalized spacial score (nSPS) is 15.1. The van der Waals surface area contributed by atoms with Gasteiger partial charge in [-0.05, 0) is 43.4 Å². The van der Waals surface area contributed by atoms with E-state index in [9.17, 15) is 4.79 Å². The van der Waals surface area contributed by atoms with Gasteiger partial charge in [0.05, 0.1) is 7.11 Å². The summed E-state index contributed by atoms with van der Waals surface area (Å²) in [6.07, 6.45) is 1.80. The number of nitrogens with one attached hydrogen (secondary N) is 1. The van der Waals surface area contributed by atoms with Crippen LogP contribution < -0.4 is 10.1 Å². The average molecular weight is 293 g/mol. The fraction of sp³-hybridized carbons (Fsp3) is 0.588. The highest BCUT2D eigenvalue weighted by Crippen LogP contribution is 2.24. The molecule has 0 saturated carbocycles. The van der Waals surface area contributed by atoms with E-state index >= 15 is 0 Å². The van der Waals surface area contributed by atoms with Gasteiger partial charge in [0.2, 0.25) is 5.91 Å². The molecule has 0 saturated heterocycles. The largest absolute Gasteiger partial charge is 0.497 e. The van der Waals surface area contributed by atoms with Crippen molar-refractivity contribution >= 4 is 5.91 Å². The molecule has 0 aromatic heterocycles. The Bertz CT molecular complexity index is 461. The Kier molecular flexibility index (Phi) is 6.69. The first-order valence-corrected chi connectivity index (χ1v) is 7.50. The molecule has 0 heterocycles. The van der Waals surface area contributed by atoms with E-state index in [-0.39, 0.29) is 24.0 Å². The molecule has 21 heavy (non-hydrogen) atoms. The van der Waals surface area contributed by atoms with E-state index < -0.39 is 0 Å². The highest BCUT2D eigenvalue weighted by atomic mass is 16.5. The maximum atomic E-state index is 12.2. The lowest BCUT2D eigenvalue weighted by molar-refractivity contribution is -0.123. The van der Waals surface area contributed by atoms with Crippen molar-refractivity contribution in [3.8, 4) is 5.75 Å². The van der Waals surface area contributed by atoms with Crippen LogP contribution in [0, 0.1) is 0 Å². The number of benzene rings is 1. The number of hydrogen-bond donors (Lipinski definition) is 2. The summed E-state index contributed by atoms with van der Waals surface area (Å²) in [7, 11) is 1.64. The molecule has 2 unspecified atom stereocenters. The van der Waals surface area contributed by atoms with E-state index in [0.29, 0.717) is 12.8 Å². The van der Waals surface area contributed by atoms with E-state index in [1.54, 1.807) is 7.11 Å². The lowest BCUT2D eigenvalue weighted by Crippen LogP contribution is -2.46. The van der Waals surface area contributed by atoms with Gasteiger partial charge in [0.1, 0.15) is 5.75 Å². The molecule has 0 spiro atoms. The number of carbonyl (C=O) groups is 1. The molecule has 0 fully saturated rings. The molecule has 1 amide bonds. The maximum Gasteiger partial charge on any atom is 0.221 e. The Morgan fingerprint density at radius 3 is 2.76 bits per heavy atom. The fourth-order valence-corrected chi connectivity index (χ4v) is 2.31. The monoisotopic (exact) mass is 293 g/mol. The summed E-state index contributed by atoms with van der Waals surface area (Å²) in [6.45, 7) is 6.10. The maximum absolute atomic E-state index is 12.2. The van der Waals surface area contributed by atoms with Crippen LogP contribution in [-0.2, 0) is 4.79 Å². The van der Waals surface area contributed by atoms with Gasteiger partial charge in [0.15, 0.2) is 0 Å². The summed E-state index contributed by atoms with van der Waals surface area (Å²) in [6, 6.07) is 7.80. The summed E-state index contributed by atoms with van der Waals surface area (Å²) in [4.78, 5) is 12.2. The van der Waals surface area contributed by atoms with Crippen LogP contribution in [0.3, 0.4) is 0 Å². The Balaban J connectivity index is 2.65. The SMILES string of the molecule is CCC(C)(CCO)NC(=O)CC(C)c1cccc(OC)c1. The zero-order chi connectivity index (χ0) is 15.9. The Hall–Kier alpha value is -1.55. The van der Waals surface area contributed by atoms with Gasteiger partial charge < -0.3 is 15.2 Å². The predicted molar refractivity (Wildman–Crippen MR) is 84.6 cm³/mol. The van der Waals surface area contributed by atoms with E-state index in [1.165, 1.54) is 0 Å². The third kappa shape index (κ3) is 5.38. The molecule has 1 rings (SSSR count). The number of aliphatic hydroxyl groups excluding tert-OH is 1. The second-order valence-electron chi connectivity index (χ2n) is 5.82. The van der Waals surface area contributed by atoms with Gasteiger partial charge in [0.25, 0.3) is 0 Å². The molecule has 0 radical (unpaired) electrons. The molecule has 118 valence electrons. The summed E-state index contributed by atoms with van der Waals surface area (Å²) in [5.74, 6) is 0.942. The van der Waals surface area contributed by atoms with Crippen molar-refractivity contribution in [1.82, 2.24) is 5.32 Å². The zero-order valence-electron chi connectivity index (χ0n) is 13.5. The lowest BCUT2D eigenvalue weighted by Gasteiger charge is -2.29. The fourth-order valence-electron chi connectivity index (χ4n) is 2.31. The van der Waals surface area contributed by atoms with E-state index in [2.05, 4.69) is 5.32 Å². The van der Waals surface area contributed by atoms with E-state index in [0.717, 1.165) is 17.7 Å². The first-order valence-electron chi connectivity index (χ1n) is 7.50. The van der Waals surface area contributed by atoms with Gasteiger partial charge in [-0.1, -0.05) is 26.0 Å². The summed E-state index contributed by atoms with van der Waals surface area (Å²) < 4.78 is 5.21. The number of carbonyl (C=O) groups excluding carboxylic acids is 1. The molecule has 0 aliphatic heterocycles. The van der Waals surface area contributed by atoms with Gasteiger partial charge in [-0.3, -0.25) is 4.79 Å². The van der Waals surface area contributed by atoms with Gasteiger partial charge in [-0.25, -0.2) is 0 Å². The number of hydrogen-bond acceptors (Lipinski definition) is 3. The van der Waals surface area contributed by atoms with Crippen molar-refractivity contribution in [3.05, 3.63) is 29.8 Å². The molecular weight excluding hydrogens is 266 g/mol. The minimum atomic E-state index is -0.333. The predicted octanol–water partition coefficient (Wildman–Crippen LogP) is 2.86. The van der Waals surface area contributed by atoms with Crippen molar-refractivity contribution in [3.63, 3.8) is 0 Å². The third-order valence-corrected chi connectivity index (χ3v) is 4.04. The van der Waals surface area contributed by atoms with Crippen molar-refractivity contribution in [2.45, 2.75) is 51.5 Å². The Morgan fingerprint density at radius 1 is 1.48 bits per heavy atom. The van der Waals surface area contributed by atoms with Crippen LogP contribution in [-0.4, -0.2) is 30.3 Å². The third-order valence-electron chi connectivity index (χ3n) is 4.04. The molecule has 1 aromatic carbocycles. The zero-order valence-corrected chi connectivity index (χ0v) is 13.5. The van der Waals surface area contributed by atoms with Crippen molar-refractivity contribution in [1.29, 1.82) is 0 Å². The van der Waals surface area contributed by atoms with E-state index in [4.69, 9.17) is 9.84 Å². The molecule has 4 nitrogen and oxygen atoms in total. The number of aliphatic hydroxyl groups is 1. The quantitative estimate of drug-likeness (QED) is 0.775. The second kappa shape index (κ2) is 8.03. The van der Waals surface area contributed by atoms with Crippen molar-refractivity contribution < 1.29 is 14.6 Å². The smallest absolute Gasteiger partial charge is 0.221 e. The first-order chi connectivity index (χ1) is 9.94. The molecular formula is C17H27NO3. The number of methoxy groups -OCH3 is 1. The van der Waals surface area contributed by atoms with Gasteiger partial charge >= 0.3 is 0 Å². The minimum absolute atomic E-state index is 0.0168. The van der Waals surface area contributed by atoms with Crippen LogP contribution in [0.2, 0.25) is 0 Å². The van der Waals surface area contributed by atoms with Crippen LogP contribution in [0.1, 0.15) is 51.5 Å². The minimum Gasteiger partial charge on any atom is -0.497 e. The average Bonchev–Trinajstić information content (AvgIpc) is 2.47. The van der Waals surface area contributed by atoms with Crippen LogP contribution in [0.15, 0.2) is 24.3 Å². The lowest BCUT2D eigenvalue weighted by atomic mass is 9.93. The summed E-state index contributed by atoms with van der Waals surface area (Å²) in [5.41, 5.74) is 0.754. The standard InChI is InChI=1S/C17H27NO3/c1-5-17(3,9-10-19)18-16(20)11-13(2)14-7-6-8-15(12-14)21-4/h6-8,12-13,19H,5,9-11H2,1-4H3,(H,18,20). The van der Waals surface area contributed by atoms with Gasteiger partial charge in [-0.2, -0.15) is 0 Å². The molecule has 4 heteroatoms. The summed E-state index contributed by atoms with van der Waals surface area (Å²) >= 11 is 0. The van der Waals surface area contributed by atoms with Crippen LogP contribution in [0.5, 0.6) is 5.75 Å². The Morgan fingerprint density at radius 2 is 2.19 bits per heavy atom. The number of amides is 1. The molecule has 1 aromatic rings. The highest BCUT2D eigenvalue weighted by molar-refractivity contribution is 5.77. The van der Waals surface area contributed by atoms with Gasteiger partial charge in [-0.15, -0.1) is 0 Å². The van der Waals surface area contributed by atoms with Crippen LogP contribution >= 0.6 is 0 Å². The highest BCUT2D eigenvalue weighted by Gasteiger charge is 2.24. The van der Waals surface area contributed by atoms with Crippen molar-refractivity contribution in [2.24, 2.45) is 0 Å². The molecule has 0 aliphatic rings. The number of ether oxygens (including phenoxy) is 1. The second-order valence-corrected chi connectivity index (χ2v) is 5.82. The Labute approximate surface area is 127 Å². The number of rotatable bonds is 8. The van der Waals surface area contributed by atoms with E-state index in [1.807, 2.05) is 45.0 Å². The van der Waals surface area contributed by atoms with Crippen LogP contribution in [0.4, 0.5) is 0 Å². The summed E-state index contributed by atoms with van der Waals surface area (Å²) in [5, 5.41) is 12.1. The first kappa shape index (κ1) is 17.5. The molecule has 0 bridgehead atoms. The van der Waals surface area contributed by atoms with Crippen molar-refractivity contribution in [2.75, 3.05) is 13.7 Å². The molecule has 2 atom stereocenters. The van der Waals surface area contributed by atoms with Gasteiger partial charge in [0, 0.05) is 18.6 Å². The topological polar surface area (TPSA) is 58.6 Å². The van der Waals surface area contributed by atoms with Crippen LogP contribution in [0.25, 0.3) is 0 Å². The molecule has 0 aliphatic carbocycles.